The molecule has 1 aromatic carbocycles. The van der Waals surface area contributed by atoms with Gasteiger partial charge in [-0.3, -0.25) is 14.3 Å². The van der Waals surface area contributed by atoms with Crippen LogP contribution in [0.2, 0.25) is 5.02 Å². The normalized spacial score (nSPS) is 13.5. The van der Waals surface area contributed by atoms with Gasteiger partial charge in [-0.1, -0.05) is 17.7 Å². The van der Waals surface area contributed by atoms with Gasteiger partial charge >= 0.3 is 0 Å². The van der Waals surface area contributed by atoms with Gasteiger partial charge in [0.25, 0.3) is 5.91 Å². The number of ether oxygens (including phenoxy) is 1. The van der Waals surface area contributed by atoms with Crippen LogP contribution < -0.4 is 15.8 Å². The standard InChI is InChI=1S/C16H17ClN4O3/c17-11-2-1-3-12(24-9-10-4-5-10)15(11)16(23)19-14-6-7-21(20-14)8-13(18)22/h1-3,6-7,10H,4-5,8-9H2,(H2,18,22)(H,19,20,23). The van der Waals surface area contributed by atoms with Crippen molar-refractivity contribution in [2.45, 2.75) is 19.4 Å². The molecule has 2 amide bonds. The van der Waals surface area contributed by atoms with Gasteiger partial charge in [-0.15, -0.1) is 0 Å². The van der Waals surface area contributed by atoms with Crippen LogP contribution in [-0.2, 0) is 11.3 Å². The molecule has 1 heterocycles. The lowest BCUT2D eigenvalue weighted by atomic mass is 10.2. The third-order valence-corrected chi connectivity index (χ3v) is 3.89. The molecular weight excluding hydrogens is 332 g/mol. The van der Waals surface area contributed by atoms with Gasteiger partial charge in [0, 0.05) is 12.3 Å². The number of carbonyl (C=O) groups excluding carboxylic acids is 2. The molecule has 0 saturated heterocycles. The molecule has 0 spiro atoms. The molecule has 0 bridgehead atoms. The van der Waals surface area contributed by atoms with Crippen LogP contribution in [0.25, 0.3) is 0 Å². The van der Waals surface area contributed by atoms with Gasteiger partial charge < -0.3 is 15.8 Å². The van der Waals surface area contributed by atoms with Crippen LogP contribution in [0.3, 0.4) is 0 Å². The molecule has 2 aromatic rings. The zero-order chi connectivity index (χ0) is 17.1. The average molecular weight is 349 g/mol. The van der Waals surface area contributed by atoms with Crippen molar-refractivity contribution in [3.63, 3.8) is 0 Å². The maximum absolute atomic E-state index is 12.5. The van der Waals surface area contributed by atoms with Crippen molar-refractivity contribution in [2.75, 3.05) is 11.9 Å². The van der Waals surface area contributed by atoms with Crippen LogP contribution in [-0.4, -0.2) is 28.2 Å². The van der Waals surface area contributed by atoms with Crippen molar-refractivity contribution in [1.29, 1.82) is 0 Å². The molecule has 0 aliphatic heterocycles. The molecule has 3 rings (SSSR count). The van der Waals surface area contributed by atoms with E-state index in [0.717, 1.165) is 12.8 Å². The number of nitrogens with one attached hydrogen (secondary N) is 1. The first-order chi connectivity index (χ1) is 11.5. The summed E-state index contributed by atoms with van der Waals surface area (Å²) in [5.41, 5.74) is 5.38. The molecule has 1 fully saturated rings. The number of rotatable bonds is 7. The molecule has 24 heavy (non-hydrogen) atoms. The van der Waals surface area contributed by atoms with Crippen LogP contribution in [0.5, 0.6) is 5.75 Å². The molecule has 3 N–H and O–H groups in total. The van der Waals surface area contributed by atoms with Gasteiger partial charge in [0.1, 0.15) is 17.9 Å². The number of halogens is 1. The number of nitrogens with zero attached hydrogens (tertiary/aromatic N) is 2. The summed E-state index contributed by atoms with van der Waals surface area (Å²) in [5.74, 6) is 0.371. The summed E-state index contributed by atoms with van der Waals surface area (Å²) in [6.07, 6.45) is 3.86. The smallest absolute Gasteiger partial charge is 0.262 e. The van der Waals surface area contributed by atoms with Gasteiger partial charge in [-0.25, -0.2) is 0 Å². The van der Waals surface area contributed by atoms with E-state index in [0.29, 0.717) is 29.1 Å². The molecule has 7 nitrogen and oxygen atoms in total. The third kappa shape index (κ3) is 4.05. The highest BCUT2D eigenvalue weighted by molar-refractivity contribution is 6.34. The minimum absolute atomic E-state index is 0.0578. The Morgan fingerprint density at radius 1 is 1.38 bits per heavy atom. The summed E-state index contributed by atoms with van der Waals surface area (Å²) < 4.78 is 7.07. The van der Waals surface area contributed by atoms with E-state index >= 15 is 0 Å². The average Bonchev–Trinajstić information content (AvgIpc) is 3.25. The van der Waals surface area contributed by atoms with Crippen molar-refractivity contribution >= 4 is 29.2 Å². The highest BCUT2D eigenvalue weighted by Gasteiger charge is 2.24. The Kier molecular flexibility index (Phi) is 4.71. The molecule has 1 aliphatic rings. The van der Waals surface area contributed by atoms with Gasteiger partial charge in [-0.2, -0.15) is 5.10 Å². The fourth-order valence-corrected chi connectivity index (χ4v) is 2.44. The third-order valence-electron chi connectivity index (χ3n) is 3.57. The first kappa shape index (κ1) is 16.3. The van der Waals surface area contributed by atoms with Gasteiger partial charge in [0.05, 0.1) is 11.6 Å². The first-order valence-corrected chi connectivity index (χ1v) is 7.95. The zero-order valence-corrected chi connectivity index (χ0v) is 13.6. The van der Waals surface area contributed by atoms with Crippen LogP contribution in [0.15, 0.2) is 30.5 Å². The zero-order valence-electron chi connectivity index (χ0n) is 12.9. The first-order valence-electron chi connectivity index (χ1n) is 7.57. The van der Waals surface area contributed by atoms with E-state index in [4.69, 9.17) is 22.1 Å². The summed E-state index contributed by atoms with van der Waals surface area (Å²) in [6, 6.07) is 6.66. The van der Waals surface area contributed by atoms with Gasteiger partial charge in [0.15, 0.2) is 5.82 Å². The number of hydrogen-bond acceptors (Lipinski definition) is 4. The highest BCUT2D eigenvalue weighted by Crippen LogP contribution is 2.32. The van der Waals surface area contributed by atoms with Crippen molar-refractivity contribution in [1.82, 2.24) is 9.78 Å². The Morgan fingerprint density at radius 2 is 2.17 bits per heavy atom. The lowest BCUT2D eigenvalue weighted by Crippen LogP contribution is -2.19. The Bertz CT molecular complexity index is 770. The van der Waals surface area contributed by atoms with E-state index in [-0.39, 0.29) is 12.1 Å². The van der Waals surface area contributed by atoms with Crippen molar-refractivity contribution < 1.29 is 14.3 Å². The molecule has 1 saturated carbocycles. The number of carbonyl (C=O) groups is 2. The minimum atomic E-state index is -0.516. The fraction of sp³-hybridized carbons (Fsp3) is 0.312. The number of hydrogen-bond donors (Lipinski definition) is 2. The molecule has 1 aromatic heterocycles. The predicted octanol–water partition coefficient (Wildman–Crippen LogP) is 2.06. The SMILES string of the molecule is NC(=O)Cn1ccc(NC(=O)c2c(Cl)cccc2OCC2CC2)n1. The fourth-order valence-electron chi connectivity index (χ4n) is 2.19. The van der Waals surface area contributed by atoms with Crippen molar-refractivity contribution in [2.24, 2.45) is 11.7 Å². The van der Waals surface area contributed by atoms with Crippen molar-refractivity contribution in [3.05, 3.63) is 41.0 Å². The van der Waals surface area contributed by atoms with E-state index in [1.165, 1.54) is 4.68 Å². The molecule has 0 radical (unpaired) electrons. The Labute approximate surface area is 143 Å². The highest BCUT2D eigenvalue weighted by atomic mass is 35.5. The van der Waals surface area contributed by atoms with Crippen LogP contribution in [0.4, 0.5) is 5.82 Å². The molecule has 126 valence electrons. The van der Waals surface area contributed by atoms with E-state index in [9.17, 15) is 9.59 Å². The number of nitrogens with two attached hydrogens (primary N) is 1. The largest absolute Gasteiger partial charge is 0.492 e. The monoisotopic (exact) mass is 348 g/mol. The minimum Gasteiger partial charge on any atom is -0.492 e. The quantitative estimate of drug-likeness (QED) is 0.800. The van der Waals surface area contributed by atoms with E-state index in [1.54, 1.807) is 30.5 Å². The lowest BCUT2D eigenvalue weighted by molar-refractivity contribution is -0.118. The molecule has 8 heteroatoms. The lowest BCUT2D eigenvalue weighted by Gasteiger charge is -2.12. The Hall–Kier alpha value is -2.54. The number of primary amides is 1. The van der Waals surface area contributed by atoms with Gasteiger partial charge in [-0.05, 0) is 30.9 Å². The summed E-state index contributed by atoms with van der Waals surface area (Å²) in [4.78, 5) is 23.4. The van der Waals surface area contributed by atoms with Crippen molar-refractivity contribution in [3.8, 4) is 5.75 Å². The Balaban J connectivity index is 1.73. The second-order valence-electron chi connectivity index (χ2n) is 5.69. The maximum atomic E-state index is 12.5. The van der Waals surface area contributed by atoms with E-state index in [2.05, 4.69) is 10.4 Å². The molecule has 0 atom stereocenters. The van der Waals surface area contributed by atoms with Gasteiger partial charge in [0.2, 0.25) is 5.91 Å². The van der Waals surface area contributed by atoms with Crippen LogP contribution >= 0.6 is 11.6 Å². The van der Waals surface area contributed by atoms with E-state index < -0.39 is 11.8 Å². The number of amides is 2. The number of anilines is 1. The number of benzene rings is 1. The molecule has 0 unspecified atom stereocenters. The summed E-state index contributed by atoms with van der Waals surface area (Å²) in [5, 5.41) is 7.01. The predicted molar refractivity (Wildman–Crippen MR) is 89.0 cm³/mol. The maximum Gasteiger partial charge on any atom is 0.262 e. The second kappa shape index (κ2) is 6.92. The topological polar surface area (TPSA) is 99.2 Å². The number of aromatic nitrogens is 2. The summed E-state index contributed by atoms with van der Waals surface area (Å²) >= 11 is 6.17. The molecule has 1 aliphatic carbocycles. The second-order valence-corrected chi connectivity index (χ2v) is 6.09. The summed E-state index contributed by atoms with van der Waals surface area (Å²) in [6.45, 7) is 0.519. The molecular formula is C16H17ClN4O3. The Morgan fingerprint density at radius 3 is 2.88 bits per heavy atom. The van der Waals surface area contributed by atoms with E-state index in [1.807, 2.05) is 0 Å². The van der Waals surface area contributed by atoms with Crippen LogP contribution in [0.1, 0.15) is 23.2 Å². The summed E-state index contributed by atoms with van der Waals surface area (Å²) in [7, 11) is 0. The van der Waals surface area contributed by atoms with Crippen LogP contribution in [0, 0.1) is 5.92 Å².